The molecule has 0 spiro atoms. The van der Waals surface area contributed by atoms with Crippen LogP contribution in [-0.2, 0) is 19.1 Å². The third kappa shape index (κ3) is 3.89. The summed E-state index contributed by atoms with van der Waals surface area (Å²) in [5.41, 5.74) is 0.897. The first-order valence-electron chi connectivity index (χ1n) is 6.51. The van der Waals surface area contributed by atoms with Gasteiger partial charge in [0.1, 0.15) is 0 Å². The lowest BCUT2D eigenvalue weighted by molar-refractivity contribution is -0.159. The molecule has 1 atom stereocenters. The zero-order valence-electron chi connectivity index (χ0n) is 11.0. The van der Waals surface area contributed by atoms with Crippen molar-refractivity contribution in [2.45, 2.75) is 25.7 Å². The van der Waals surface area contributed by atoms with Gasteiger partial charge in [0.25, 0.3) is 0 Å². The van der Waals surface area contributed by atoms with E-state index in [2.05, 4.69) is 0 Å². The van der Waals surface area contributed by atoms with E-state index in [0.717, 1.165) is 25.2 Å². The summed E-state index contributed by atoms with van der Waals surface area (Å²) >= 11 is 0. The van der Waals surface area contributed by atoms with Gasteiger partial charge in [-0.05, 0) is 18.4 Å². The summed E-state index contributed by atoms with van der Waals surface area (Å²) in [7, 11) is 0. The van der Waals surface area contributed by atoms with Crippen LogP contribution in [0.4, 0.5) is 0 Å². The van der Waals surface area contributed by atoms with Crippen LogP contribution in [0.25, 0.3) is 0 Å². The van der Waals surface area contributed by atoms with E-state index in [1.54, 1.807) is 0 Å². The quantitative estimate of drug-likeness (QED) is 0.603. The van der Waals surface area contributed by atoms with Crippen LogP contribution in [0.2, 0.25) is 0 Å². The molecule has 0 N–H and O–H groups in total. The van der Waals surface area contributed by atoms with E-state index in [4.69, 9.17) is 9.47 Å². The van der Waals surface area contributed by atoms with Gasteiger partial charge in [0, 0.05) is 12.8 Å². The highest BCUT2D eigenvalue weighted by Gasteiger charge is 2.26. The third-order valence-corrected chi connectivity index (χ3v) is 3.30. The van der Waals surface area contributed by atoms with Gasteiger partial charge in [-0.3, -0.25) is 9.59 Å². The molecule has 1 aromatic rings. The van der Waals surface area contributed by atoms with Gasteiger partial charge < -0.3 is 9.47 Å². The maximum atomic E-state index is 12.0. The van der Waals surface area contributed by atoms with Crippen LogP contribution < -0.4 is 0 Å². The maximum absolute atomic E-state index is 12.0. The number of rotatable bonds is 5. The Hall–Kier alpha value is -1.68. The summed E-state index contributed by atoms with van der Waals surface area (Å²) < 4.78 is 9.87. The number of ether oxygens (including phenoxy) is 2. The second kappa shape index (κ2) is 6.48. The fraction of sp³-hybridized carbons (Fsp3) is 0.467. The minimum Gasteiger partial charge on any atom is -0.393 e. The molecule has 1 aromatic carbocycles. The van der Waals surface area contributed by atoms with E-state index >= 15 is 0 Å². The Balaban J connectivity index is 2.03. The molecule has 4 nitrogen and oxygen atoms in total. The van der Waals surface area contributed by atoms with Crippen LogP contribution in [0.5, 0.6) is 0 Å². The molecule has 0 saturated carbocycles. The molecule has 102 valence electrons. The van der Waals surface area contributed by atoms with Crippen molar-refractivity contribution in [1.29, 1.82) is 0 Å². The number of carbonyl (C=O) groups excluding carboxylic acids is 2. The highest BCUT2D eigenvalue weighted by Crippen LogP contribution is 2.27. The van der Waals surface area contributed by atoms with Crippen molar-refractivity contribution in [3.8, 4) is 0 Å². The van der Waals surface area contributed by atoms with E-state index in [1.807, 2.05) is 30.3 Å². The first-order valence-corrected chi connectivity index (χ1v) is 6.51. The predicted octanol–water partition coefficient (Wildman–Crippen LogP) is 2.29. The van der Waals surface area contributed by atoms with E-state index in [-0.39, 0.29) is 5.92 Å². The number of carbonyl (C=O) groups is 2. The Labute approximate surface area is 112 Å². The topological polar surface area (TPSA) is 52.6 Å². The number of hydrogen-bond donors (Lipinski definition) is 0. The second-order valence-electron chi connectivity index (χ2n) is 4.86. The largest absolute Gasteiger partial charge is 0.393 e. The van der Waals surface area contributed by atoms with Gasteiger partial charge in [-0.15, -0.1) is 0 Å². The van der Waals surface area contributed by atoms with Crippen LogP contribution in [0.15, 0.2) is 30.3 Å². The van der Waals surface area contributed by atoms with Crippen molar-refractivity contribution in [2.24, 2.45) is 5.92 Å². The molecule has 1 aliphatic rings. The van der Waals surface area contributed by atoms with Gasteiger partial charge in [0.05, 0.1) is 19.1 Å². The van der Waals surface area contributed by atoms with E-state index < -0.39 is 11.9 Å². The lowest BCUT2D eigenvalue weighted by Gasteiger charge is -2.27. The fourth-order valence-electron chi connectivity index (χ4n) is 2.17. The summed E-state index contributed by atoms with van der Waals surface area (Å²) in [6.07, 6.45) is 1.59. The first-order chi connectivity index (χ1) is 9.16. The van der Waals surface area contributed by atoms with Gasteiger partial charge in [0.15, 0.2) is 0 Å². The first kappa shape index (κ1) is 13.7. The highest BCUT2D eigenvalue weighted by atomic mass is 16.6. The minimum absolute atomic E-state index is 0.370. The molecule has 1 heterocycles. The minimum atomic E-state index is -0.557. The molecular weight excluding hydrogens is 244 g/mol. The second-order valence-corrected chi connectivity index (χ2v) is 4.86. The molecule has 0 radical (unpaired) electrons. The van der Waals surface area contributed by atoms with E-state index in [9.17, 15) is 9.59 Å². The monoisotopic (exact) mass is 262 g/mol. The van der Waals surface area contributed by atoms with E-state index in [0.29, 0.717) is 12.3 Å². The Morgan fingerprint density at radius 1 is 1.32 bits per heavy atom. The highest BCUT2D eigenvalue weighted by molar-refractivity contribution is 5.88. The van der Waals surface area contributed by atoms with Gasteiger partial charge >= 0.3 is 11.9 Å². The maximum Gasteiger partial charge on any atom is 0.321 e. The van der Waals surface area contributed by atoms with Gasteiger partial charge in [-0.25, -0.2) is 0 Å². The summed E-state index contributed by atoms with van der Waals surface area (Å²) in [5, 5.41) is 0. The third-order valence-electron chi connectivity index (χ3n) is 3.30. The van der Waals surface area contributed by atoms with Gasteiger partial charge in [-0.1, -0.05) is 30.3 Å². The van der Waals surface area contributed by atoms with Gasteiger partial charge in [0.2, 0.25) is 0 Å². The fourth-order valence-corrected chi connectivity index (χ4v) is 2.17. The summed E-state index contributed by atoms with van der Waals surface area (Å²) in [4.78, 5) is 22.9. The lowest BCUT2D eigenvalue weighted by atomic mass is 9.90. The normalized spacial score (nSPS) is 16.5. The predicted molar refractivity (Wildman–Crippen MR) is 69.5 cm³/mol. The molecule has 1 saturated heterocycles. The SMILES string of the molecule is CC(=O)OC(=O)C(CCC1COC1)c1ccccc1. The Bertz CT molecular complexity index is 437. The van der Waals surface area contributed by atoms with E-state index in [1.165, 1.54) is 6.92 Å². The van der Waals surface area contributed by atoms with Gasteiger partial charge in [-0.2, -0.15) is 0 Å². The van der Waals surface area contributed by atoms with Crippen molar-refractivity contribution >= 4 is 11.9 Å². The molecule has 0 aliphatic carbocycles. The smallest absolute Gasteiger partial charge is 0.321 e. The summed E-state index contributed by atoms with van der Waals surface area (Å²) in [6, 6.07) is 9.45. The van der Waals surface area contributed by atoms with Crippen molar-refractivity contribution in [3.63, 3.8) is 0 Å². The molecule has 1 aliphatic heterocycles. The van der Waals surface area contributed by atoms with Crippen LogP contribution in [0.1, 0.15) is 31.2 Å². The number of hydrogen-bond acceptors (Lipinski definition) is 4. The van der Waals surface area contributed by atoms with Crippen LogP contribution in [0.3, 0.4) is 0 Å². The summed E-state index contributed by atoms with van der Waals surface area (Å²) in [5.74, 6) is -0.862. The molecule has 0 aromatic heterocycles. The molecule has 1 fully saturated rings. The zero-order valence-corrected chi connectivity index (χ0v) is 11.0. The van der Waals surface area contributed by atoms with Crippen molar-refractivity contribution < 1.29 is 19.1 Å². The molecule has 19 heavy (non-hydrogen) atoms. The van der Waals surface area contributed by atoms with Crippen molar-refractivity contribution in [2.75, 3.05) is 13.2 Å². The molecule has 4 heteroatoms. The molecule has 0 amide bonds. The lowest BCUT2D eigenvalue weighted by Crippen LogP contribution is -2.28. The number of esters is 2. The Morgan fingerprint density at radius 2 is 2.00 bits per heavy atom. The average Bonchev–Trinajstić information content (AvgIpc) is 2.32. The molecule has 0 bridgehead atoms. The molecule has 2 rings (SSSR count). The molecule has 1 unspecified atom stereocenters. The van der Waals surface area contributed by atoms with Crippen LogP contribution >= 0.6 is 0 Å². The Kier molecular flexibility index (Phi) is 4.68. The van der Waals surface area contributed by atoms with Crippen LogP contribution in [0, 0.1) is 5.92 Å². The average molecular weight is 262 g/mol. The van der Waals surface area contributed by atoms with Crippen molar-refractivity contribution in [3.05, 3.63) is 35.9 Å². The standard InChI is InChI=1S/C15H18O4/c1-11(16)19-15(17)14(8-7-12-9-18-10-12)13-5-3-2-4-6-13/h2-6,12,14H,7-10H2,1H3. The number of benzene rings is 1. The van der Waals surface area contributed by atoms with Crippen molar-refractivity contribution in [1.82, 2.24) is 0 Å². The Morgan fingerprint density at radius 3 is 2.53 bits per heavy atom. The summed E-state index contributed by atoms with van der Waals surface area (Å²) in [6.45, 7) is 2.78. The molecular formula is C15H18O4. The zero-order chi connectivity index (χ0) is 13.7. The van der Waals surface area contributed by atoms with Crippen LogP contribution in [-0.4, -0.2) is 25.2 Å².